The van der Waals surface area contributed by atoms with E-state index in [4.69, 9.17) is 9.47 Å². The van der Waals surface area contributed by atoms with Crippen molar-refractivity contribution in [2.45, 2.75) is 65.9 Å². The van der Waals surface area contributed by atoms with Crippen LogP contribution in [0, 0.1) is 5.92 Å². The predicted octanol–water partition coefficient (Wildman–Crippen LogP) is 4.59. The van der Waals surface area contributed by atoms with Crippen LogP contribution in [0.4, 0.5) is 0 Å². The van der Waals surface area contributed by atoms with Gasteiger partial charge in [-0.05, 0) is 52.4 Å². The minimum Gasteiger partial charge on any atom is -0.381 e. The zero-order chi connectivity index (χ0) is 13.9. The average molecular weight is 256 g/mol. The van der Waals surface area contributed by atoms with Crippen molar-refractivity contribution < 1.29 is 9.47 Å². The van der Waals surface area contributed by atoms with Crippen molar-refractivity contribution in [1.29, 1.82) is 0 Å². The predicted molar refractivity (Wildman–Crippen MR) is 79.0 cm³/mol. The fourth-order valence-electron chi connectivity index (χ4n) is 1.46. The average Bonchev–Trinajstić information content (AvgIpc) is 2.24. The smallest absolute Gasteiger partial charge is 0.0598 e. The summed E-state index contributed by atoms with van der Waals surface area (Å²) in [5.41, 5.74) is -0.0286. The Bertz CT molecular complexity index is 202. The van der Waals surface area contributed by atoms with Crippen LogP contribution in [0.5, 0.6) is 0 Å². The molecule has 0 N–H and O–H groups in total. The van der Waals surface area contributed by atoms with E-state index in [2.05, 4.69) is 46.8 Å². The summed E-state index contributed by atoms with van der Waals surface area (Å²) in [6, 6.07) is 0. The van der Waals surface area contributed by atoms with Crippen molar-refractivity contribution in [2.75, 3.05) is 19.8 Å². The van der Waals surface area contributed by atoms with E-state index >= 15 is 0 Å². The molecule has 0 radical (unpaired) electrons. The van der Waals surface area contributed by atoms with Crippen LogP contribution in [0.15, 0.2) is 12.2 Å². The van der Waals surface area contributed by atoms with E-state index < -0.39 is 0 Å². The van der Waals surface area contributed by atoms with Crippen LogP contribution in [-0.2, 0) is 9.47 Å². The van der Waals surface area contributed by atoms with Crippen molar-refractivity contribution >= 4 is 0 Å². The van der Waals surface area contributed by atoms with Gasteiger partial charge in [0.15, 0.2) is 0 Å². The van der Waals surface area contributed by atoms with Gasteiger partial charge in [-0.15, -0.1) is 0 Å². The molecule has 0 atom stereocenters. The van der Waals surface area contributed by atoms with Gasteiger partial charge in [0.1, 0.15) is 0 Å². The Kier molecular flexibility index (Phi) is 10.4. The van der Waals surface area contributed by atoms with Gasteiger partial charge in [0.05, 0.1) is 12.2 Å². The first-order valence-electron chi connectivity index (χ1n) is 7.28. The molecule has 2 heteroatoms. The first-order chi connectivity index (χ1) is 8.42. The molecule has 0 aromatic heterocycles. The molecule has 108 valence electrons. The summed E-state index contributed by atoms with van der Waals surface area (Å²) in [5.74, 6) is 0.800. The lowest BCUT2D eigenvalue weighted by molar-refractivity contribution is -0.0136. The standard InChI is InChI=1S/C16H32O2/c1-15(2)11-8-6-7-9-12-17-13-10-14-18-16(3,4)5/h6-7,15H,8-14H2,1-5H3. The Balaban J connectivity index is 3.16. The molecule has 0 aromatic carbocycles. The fourth-order valence-corrected chi connectivity index (χ4v) is 1.46. The molecule has 0 amide bonds. The number of allylic oxidation sites excluding steroid dienone is 1. The zero-order valence-corrected chi connectivity index (χ0v) is 13.0. The second kappa shape index (κ2) is 10.6. The van der Waals surface area contributed by atoms with Crippen LogP contribution in [0.25, 0.3) is 0 Å². The molecule has 0 aliphatic rings. The molecule has 0 aliphatic carbocycles. The second-order valence-corrected chi connectivity index (χ2v) is 6.16. The monoisotopic (exact) mass is 256 g/mol. The molecule has 0 saturated heterocycles. The van der Waals surface area contributed by atoms with Gasteiger partial charge in [0.25, 0.3) is 0 Å². The Morgan fingerprint density at radius 3 is 2.22 bits per heavy atom. The highest BCUT2D eigenvalue weighted by atomic mass is 16.5. The first kappa shape index (κ1) is 17.7. The summed E-state index contributed by atoms with van der Waals surface area (Å²) in [6.07, 6.45) is 8.98. The van der Waals surface area contributed by atoms with Crippen LogP contribution in [0.2, 0.25) is 0 Å². The Hall–Kier alpha value is -0.340. The highest BCUT2D eigenvalue weighted by Crippen LogP contribution is 2.07. The minimum absolute atomic E-state index is 0.0286. The minimum atomic E-state index is -0.0286. The maximum atomic E-state index is 5.62. The van der Waals surface area contributed by atoms with Crippen LogP contribution >= 0.6 is 0 Å². The van der Waals surface area contributed by atoms with Crippen molar-refractivity contribution in [3.63, 3.8) is 0 Å². The Morgan fingerprint density at radius 1 is 0.944 bits per heavy atom. The van der Waals surface area contributed by atoms with Gasteiger partial charge in [0.2, 0.25) is 0 Å². The molecule has 2 nitrogen and oxygen atoms in total. The number of hydrogen-bond acceptors (Lipinski definition) is 2. The maximum Gasteiger partial charge on any atom is 0.0598 e. The zero-order valence-electron chi connectivity index (χ0n) is 13.0. The Labute approximate surface area is 114 Å². The normalized spacial score (nSPS) is 12.8. The van der Waals surface area contributed by atoms with Crippen molar-refractivity contribution in [3.8, 4) is 0 Å². The largest absolute Gasteiger partial charge is 0.381 e. The lowest BCUT2D eigenvalue weighted by atomic mass is 10.1. The third-order valence-corrected chi connectivity index (χ3v) is 2.47. The molecule has 0 rings (SSSR count). The van der Waals surface area contributed by atoms with E-state index in [0.717, 1.165) is 38.6 Å². The quantitative estimate of drug-likeness (QED) is 0.420. The van der Waals surface area contributed by atoms with Gasteiger partial charge in [0, 0.05) is 13.2 Å². The van der Waals surface area contributed by atoms with Crippen LogP contribution in [0.1, 0.15) is 60.3 Å². The molecule has 0 spiro atoms. The molecule has 0 aromatic rings. The van der Waals surface area contributed by atoms with Gasteiger partial charge < -0.3 is 9.47 Å². The van der Waals surface area contributed by atoms with Crippen molar-refractivity contribution in [2.24, 2.45) is 5.92 Å². The first-order valence-corrected chi connectivity index (χ1v) is 7.28. The second-order valence-electron chi connectivity index (χ2n) is 6.16. The number of rotatable bonds is 10. The molecular weight excluding hydrogens is 224 g/mol. The Morgan fingerprint density at radius 2 is 1.61 bits per heavy atom. The molecule has 0 bridgehead atoms. The van der Waals surface area contributed by atoms with E-state index in [1.54, 1.807) is 0 Å². The van der Waals surface area contributed by atoms with Crippen LogP contribution in [-0.4, -0.2) is 25.4 Å². The van der Waals surface area contributed by atoms with Gasteiger partial charge in [-0.25, -0.2) is 0 Å². The molecule has 0 aliphatic heterocycles. The summed E-state index contributed by atoms with van der Waals surface area (Å²) < 4.78 is 11.2. The van der Waals surface area contributed by atoms with E-state index in [-0.39, 0.29) is 5.60 Å². The molecule has 18 heavy (non-hydrogen) atoms. The van der Waals surface area contributed by atoms with Gasteiger partial charge in [-0.1, -0.05) is 26.0 Å². The third-order valence-electron chi connectivity index (χ3n) is 2.47. The molecule has 0 unspecified atom stereocenters. The summed E-state index contributed by atoms with van der Waals surface area (Å²) in [4.78, 5) is 0. The highest BCUT2D eigenvalue weighted by molar-refractivity contribution is 4.81. The lowest BCUT2D eigenvalue weighted by Gasteiger charge is -2.19. The van der Waals surface area contributed by atoms with Gasteiger partial charge in [-0.2, -0.15) is 0 Å². The summed E-state index contributed by atoms with van der Waals surface area (Å²) in [7, 11) is 0. The van der Waals surface area contributed by atoms with Crippen molar-refractivity contribution in [3.05, 3.63) is 12.2 Å². The number of ether oxygens (including phenoxy) is 2. The van der Waals surface area contributed by atoms with Gasteiger partial charge in [-0.3, -0.25) is 0 Å². The van der Waals surface area contributed by atoms with E-state index in [1.807, 2.05) is 0 Å². The van der Waals surface area contributed by atoms with E-state index in [9.17, 15) is 0 Å². The summed E-state index contributed by atoms with van der Waals surface area (Å²) in [5, 5.41) is 0. The van der Waals surface area contributed by atoms with Crippen LogP contribution in [0.3, 0.4) is 0 Å². The van der Waals surface area contributed by atoms with Crippen LogP contribution < -0.4 is 0 Å². The van der Waals surface area contributed by atoms with E-state index in [1.165, 1.54) is 12.8 Å². The van der Waals surface area contributed by atoms with E-state index in [0.29, 0.717) is 0 Å². The van der Waals surface area contributed by atoms with Gasteiger partial charge >= 0.3 is 0 Å². The third kappa shape index (κ3) is 15.7. The molecule has 0 heterocycles. The lowest BCUT2D eigenvalue weighted by Crippen LogP contribution is -2.20. The maximum absolute atomic E-state index is 5.62. The SMILES string of the molecule is CC(C)CCC=CCCOCCCOC(C)(C)C. The summed E-state index contributed by atoms with van der Waals surface area (Å²) in [6.45, 7) is 13.2. The molecule has 0 saturated carbocycles. The van der Waals surface area contributed by atoms with Crippen molar-refractivity contribution in [1.82, 2.24) is 0 Å². The molecular formula is C16H32O2. The highest BCUT2D eigenvalue weighted by Gasteiger charge is 2.08. The molecule has 0 fully saturated rings. The number of hydrogen-bond donors (Lipinski definition) is 0. The fraction of sp³-hybridized carbons (Fsp3) is 0.875. The topological polar surface area (TPSA) is 18.5 Å². The summed E-state index contributed by atoms with van der Waals surface area (Å²) >= 11 is 0.